The SMILES string of the molecule is COc1ccc(OC)c(C(=O)N(C)NC(=S)OC(=S)NN(C)C(=O)c2cc(OC)ccc2OC)c1. The number of nitrogens with one attached hydrogen (secondary N) is 2. The van der Waals surface area contributed by atoms with Crippen molar-refractivity contribution in [3.63, 3.8) is 0 Å². The minimum Gasteiger partial charge on any atom is -0.497 e. The average molecular weight is 523 g/mol. The Morgan fingerprint density at radius 2 is 1.06 bits per heavy atom. The van der Waals surface area contributed by atoms with Crippen LogP contribution >= 0.6 is 24.4 Å². The fourth-order valence-electron chi connectivity index (χ4n) is 2.83. The van der Waals surface area contributed by atoms with Crippen LogP contribution in [0, 0.1) is 0 Å². The summed E-state index contributed by atoms with van der Waals surface area (Å²) < 4.78 is 26.1. The van der Waals surface area contributed by atoms with Crippen LogP contribution in [0.2, 0.25) is 0 Å². The highest BCUT2D eigenvalue weighted by atomic mass is 32.1. The van der Waals surface area contributed by atoms with Crippen molar-refractivity contribution < 1.29 is 33.3 Å². The van der Waals surface area contributed by atoms with Crippen LogP contribution in [0.4, 0.5) is 0 Å². The molecule has 13 heteroatoms. The molecule has 0 radical (unpaired) electrons. The molecule has 0 saturated heterocycles. The van der Waals surface area contributed by atoms with Crippen LogP contribution in [0.1, 0.15) is 20.7 Å². The van der Waals surface area contributed by atoms with Crippen molar-refractivity contribution >= 4 is 46.6 Å². The van der Waals surface area contributed by atoms with Crippen molar-refractivity contribution in [2.75, 3.05) is 42.5 Å². The number of rotatable bonds is 6. The summed E-state index contributed by atoms with van der Waals surface area (Å²) >= 11 is 10.2. The van der Waals surface area contributed by atoms with Crippen LogP contribution in [-0.4, -0.2) is 74.7 Å². The number of methoxy groups -OCH3 is 4. The number of hydrogen-bond acceptors (Lipinski definition) is 9. The molecule has 0 saturated carbocycles. The quantitative estimate of drug-likeness (QED) is 0.430. The maximum absolute atomic E-state index is 12.8. The number of ether oxygens (including phenoxy) is 5. The van der Waals surface area contributed by atoms with Crippen molar-refractivity contribution in [1.82, 2.24) is 20.9 Å². The molecular formula is C22H26N4O7S2. The number of carbonyl (C=O) groups is 2. The van der Waals surface area contributed by atoms with Gasteiger partial charge in [0.05, 0.1) is 39.6 Å². The van der Waals surface area contributed by atoms with Gasteiger partial charge in [0.2, 0.25) is 0 Å². The predicted octanol–water partition coefficient (Wildman–Crippen LogP) is 2.16. The van der Waals surface area contributed by atoms with E-state index < -0.39 is 11.8 Å². The topological polar surface area (TPSA) is 111 Å². The maximum Gasteiger partial charge on any atom is 0.283 e. The van der Waals surface area contributed by atoms with Gasteiger partial charge < -0.3 is 23.7 Å². The zero-order valence-electron chi connectivity index (χ0n) is 20.0. The molecule has 0 bridgehead atoms. The molecule has 188 valence electrons. The van der Waals surface area contributed by atoms with Crippen molar-refractivity contribution in [3.8, 4) is 23.0 Å². The number of carbonyl (C=O) groups excluding carboxylic acids is 2. The van der Waals surface area contributed by atoms with Gasteiger partial charge >= 0.3 is 0 Å². The molecule has 0 unspecified atom stereocenters. The Morgan fingerprint density at radius 3 is 1.37 bits per heavy atom. The first-order chi connectivity index (χ1) is 16.6. The standard InChI is InChI=1S/C22H26N4O7S2/c1-25(19(27)15-11-13(29-3)7-9-17(15)31-5)23-21(34)33-22(35)24-26(2)20(28)16-12-14(30-4)8-10-18(16)32-6/h7-12H,1-6H3,(H,23,34)(H,24,35). The molecule has 0 atom stereocenters. The first-order valence-electron chi connectivity index (χ1n) is 9.94. The zero-order chi connectivity index (χ0) is 26.1. The summed E-state index contributed by atoms with van der Waals surface area (Å²) in [6.45, 7) is 0. The smallest absolute Gasteiger partial charge is 0.283 e. The lowest BCUT2D eigenvalue weighted by Gasteiger charge is -2.23. The minimum absolute atomic E-state index is 0.236. The molecule has 11 nitrogen and oxygen atoms in total. The van der Waals surface area contributed by atoms with E-state index in [1.165, 1.54) is 54.7 Å². The Balaban J connectivity index is 2.00. The van der Waals surface area contributed by atoms with E-state index in [2.05, 4.69) is 10.9 Å². The summed E-state index contributed by atoms with van der Waals surface area (Å²) in [6, 6.07) is 9.61. The second-order valence-electron chi connectivity index (χ2n) is 6.76. The largest absolute Gasteiger partial charge is 0.497 e. The molecule has 2 amide bonds. The normalized spacial score (nSPS) is 9.89. The number of amides is 2. The molecule has 0 aliphatic carbocycles. The second-order valence-corrected chi connectivity index (χ2v) is 7.50. The van der Waals surface area contributed by atoms with Gasteiger partial charge in [0.25, 0.3) is 22.2 Å². The third-order valence-electron chi connectivity index (χ3n) is 4.59. The number of hydrazine groups is 2. The molecule has 0 fully saturated rings. The highest BCUT2D eigenvalue weighted by molar-refractivity contribution is 7.81. The van der Waals surface area contributed by atoms with Crippen molar-refractivity contribution in [1.29, 1.82) is 0 Å². The van der Waals surface area contributed by atoms with Crippen molar-refractivity contribution in [2.45, 2.75) is 0 Å². The van der Waals surface area contributed by atoms with Gasteiger partial charge in [0, 0.05) is 14.1 Å². The molecule has 2 rings (SSSR count). The van der Waals surface area contributed by atoms with Gasteiger partial charge in [-0.25, -0.2) is 0 Å². The molecule has 0 aliphatic rings. The lowest BCUT2D eigenvalue weighted by molar-refractivity contribution is 0.0742. The van der Waals surface area contributed by atoms with Crippen LogP contribution in [0.25, 0.3) is 0 Å². The van der Waals surface area contributed by atoms with Crippen LogP contribution in [0.5, 0.6) is 23.0 Å². The summed E-state index contributed by atoms with van der Waals surface area (Å²) in [5, 5.41) is 1.72. The van der Waals surface area contributed by atoms with E-state index in [1.54, 1.807) is 24.3 Å². The average Bonchev–Trinajstić information content (AvgIpc) is 2.86. The number of nitrogens with zero attached hydrogens (tertiary/aromatic N) is 2. The van der Waals surface area contributed by atoms with Crippen molar-refractivity contribution in [2.24, 2.45) is 0 Å². The minimum atomic E-state index is -0.469. The van der Waals surface area contributed by atoms with Gasteiger partial charge in [-0.3, -0.25) is 30.5 Å². The summed E-state index contributed by atoms with van der Waals surface area (Å²) in [6.07, 6.45) is 0. The van der Waals surface area contributed by atoms with Crippen LogP contribution < -0.4 is 29.8 Å². The van der Waals surface area contributed by atoms with E-state index >= 15 is 0 Å². The highest BCUT2D eigenvalue weighted by Crippen LogP contribution is 2.25. The van der Waals surface area contributed by atoms with Gasteiger partial charge in [-0.2, -0.15) is 0 Å². The van der Waals surface area contributed by atoms with Crippen molar-refractivity contribution in [3.05, 3.63) is 47.5 Å². The first-order valence-corrected chi connectivity index (χ1v) is 10.8. The van der Waals surface area contributed by atoms with Gasteiger partial charge in [-0.15, -0.1) is 0 Å². The Kier molecular flexibility index (Phi) is 9.85. The van der Waals surface area contributed by atoms with Gasteiger partial charge in [-0.05, 0) is 60.8 Å². The lowest BCUT2D eigenvalue weighted by atomic mass is 10.1. The Morgan fingerprint density at radius 1 is 0.686 bits per heavy atom. The summed E-state index contributed by atoms with van der Waals surface area (Å²) in [5.74, 6) is 0.716. The Bertz CT molecular complexity index is 1030. The van der Waals surface area contributed by atoms with Crippen LogP contribution in [0.3, 0.4) is 0 Å². The van der Waals surface area contributed by atoms with E-state index in [9.17, 15) is 9.59 Å². The zero-order valence-corrected chi connectivity index (χ0v) is 21.7. The third-order valence-corrected chi connectivity index (χ3v) is 4.94. The lowest BCUT2D eigenvalue weighted by Crippen LogP contribution is -2.48. The summed E-state index contributed by atoms with van der Waals surface area (Å²) in [7, 11) is 8.75. The molecule has 0 heterocycles. The first kappa shape index (κ1) is 27.4. The van der Waals surface area contributed by atoms with E-state index in [-0.39, 0.29) is 21.5 Å². The van der Waals surface area contributed by atoms with E-state index in [1.807, 2.05) is 0 Å². The summed E-state index contributed by atoms with van der Waals surface area (Å²) in [4.78, 5) is 25.7. The maximum atomic E-state index is 12.8. The summed E-state index contributed by atoms with van der Waals surface area (Å²) in [5.41, 5.74) is 5.67. The molecule has 35 heavy (non-hydrogen) atoms. The third kappa shape index (κ3) is 7.07. The molecule has 2 N–H and O–H groups in total. The predicted molar refractivity (Wildman–Crippen MR) is 136 cm³/mol. The highest BCUT2D eigenvalue weighted by Gasteiger charge is 2.21. The van der Waals surface area contributed by atoms with Gasteiger partial charge in [0.1, 0.15) is 23.0 Å². The molecule has 0 spiro atoms. The number of benzene rings is 2. The van der Waals surface area contributed by atoms with Gasteiger partial charge in [0.15, 0.2) is 0 Å². The molecule has 0 aromatic heterocycles. The number of thiocarbonyl (C=S) groups is 2. The Labute approximate surface area is 213 Å². The molecule has 2 aromatic rings. The van der Waals surface area contributed by atoms with E-state index in [4.69, 9.17) is 48.1 Å². The van der Waals surface area contributed by atoms with Crippen LogP contribution in [0.15, 0.2) is 36.4 Å². The Hall–Kier alpha value is -3.84. The van der Waals surface area contributed by atoms with E-state index in [0.29, 0.717) is 23.0 Å². The fraction of sp³-hybridized carbons (Fsp3) is 0.273. The second kappa shape index (κ2) is 12.6. The molecular weight excluding hydrogens is 496 g/mol. The van der Waals surface area contributed by atoms with E-state index in [0.717, 1.165) is 10.0 Å². The van der Waals surface area contributed by atoms with Gasteiger partial charge in [-0.1, -0.05) is 0 Å². The monoisotopic (exact) mass is 522 g/mol. The molecule has 0 aliphatic heterocycles. The molecule has 2 aromatic carbocycles. The number of hydrogen-bond donors (Lipinski definition) is 2. The fourth-order valence-corrected chi connectivity index (χ4v) is 3.32. The van der Waals surface area contributed by atoms with Crippen LogP contribution in [-0.2, 0) is 4.74 Å².